The summed E-state index contributed by atoms with van der Waals surface area (Å²) < 4.78 is 39.2. The summed E-state index contributed by atoms with van der Waals surface area (Å²) in [6.07, 6.45) is 0.757. The van der Waals surface area contributed by atoms with Crippen LogP contribution in [0.15, 0.2) is 18.2 Å². The van der Waals surface area contributed by atoms with E-state index in [9.17, 15) is 12.8 Å². The van der Waals surface area contributed by atoms with Gasteiger partial charge in [0.25, 0.3) is 0 Å². The van der Waals surface area contributed by atoms with Crippen molar-refractivity contribution in [2.75, 3.05) is 19.6 Å². The zero-order chi connectivity index (χ0) is 15.0. The van der Waals surface area contributed by atoms with Crippen molar-refractivity contribution in [3.8, 4) is 0 Å². The van der Waals surface area contributed by atoms with E-state index in [2.05, 4.69) is 0 Å². The molecule has 1 aromatic carbocycles. The van der Waals surface area contributed by atoms with Crippen LogP contribution in [0.5, 0.6) is 0 Å². The molecule has 8 heteroatoms. The van der Waals surface area contributed by atoms with Crippen LogP contribution in [0.2, 0.25) is 5.02 Å². The molecule has 1 aliphatic rings. The fourth-order valence-corrected chi connectivity index (χ4v) is 4.18. The van der Waals surface area contributed by atoms with E-state index in [4.69, 9.17) is 17.3 Å². The lowest BCUT2D eigenvalue weighted by Crippen LogP contribution is -2.35. The summed E-state index contributed by atoms with van der Waals surface area (Å²) in [7, 11) is -3.43. The third kappa shape index (κ3) is 4.29. The number of nitrogens with two attached hydrogens (primary N) is 1. The molecule has 1 saturated heterocycles. The van der Waals surface area contributed by atoms with E-state index in [-0.39, 0.29) is 28.6 Å². The van der Waals surface area contributed by atoms with Crippen molar-refractivity contribution in [3.63, 3.8) is 0 Å². The quantitative estimate of drug-likeness (QED) is 0.900. The predicted octanol–water partition coefficient (Wildman–Crippen LogP) is 2.40. The maximum atomic E-state index is 13.1. The van der Waals surface area contributed by atoms with E-state index in [1.54, 1.807) is 0 Å². The largest absolute Gasteiger partial charge is 0.330 e. The van der Waals surface area contributed by atoms with Crippen molar-refractivity contribution in [1.82, 2.24) is 4.31 Å². The molecule has 0 spiro atoms. The zero-order valence-electron chi connectivity index (χ0n) is 11.7. The molecule has 120 valence electrons. The first-order valence-electron chi connectivity index (χ1n) is 6.38. The number of sulfonamides is 1. The first-order valence-corrected chi connectivity index (χ1v) is 8.36. The van der Waals surface area contributed by atoms with Gasteiger partial charge in [0.2, 0.25) is 10.0 Å². The molecule has 2 rings (SSSR count). The lowest BCUT2D eigenvalue weighted by molar-refractivity contribution is 0.349. The monoisotopic (exact) mass is 356 g/mol. The van der Waals surface area contributed by atoms with E-state index < -0.39 is 15.8 Å². The topological polar surface area (TPSA) is 63.4 Å². The van der Waals surface area contributed by atoms with Crippen LogP contribution >= 0.6 is 24.0 Å². The average Bonchev–Trinajstić information content (AvgIpc) is 2.78. The third-order valence-electron chi connectivity index (χ3n) is 3.74. The molecule has 1 aromatic rings. The van der Waals surface area contributed by atoms with E-state index in [0.29, 0.717) is 25.2 Å². The molecule has 0 amide bonds. The molecule has 1 fully saturated rings. The Hall–Kier alpha value is -0.400. The Morgan fingerprint density at radius 1 is 1.48 bits per heavy atom. The maximum Gasteiger partial charge on any atom is 0.218 e. The van der Waals surface area contributed by atoms with E-state index in [1.165, 1.54) is 22.5 Å². The van der Waals surface area contributed by atoms with Crippen LogP contribution in [-0.2, 0) is 15.8 Å². The molecular weight excluding hydrogens is 338 g/mol. The fourth-order valence-electron chi connectivity index (χ4n) is 2.31. The summed E-state index contributed by atoms with van der Waals surface area (Å²) in [5, 5.41) is -0.0640. The Bertz CT molecular complexity index is 612. The van der Waals surface area contributed by atoms with Crippen molar-refractivity contribution in [2.45, 2.75) is 19.1 Å². The van der Waals surface area contributed by atoms with Gasteiger partial charge in [-0.25, -0.2) is 17.1 Å². The molecule has 0 aromatic heterocycles. The van der Waals surface area contributed by atoms with Crippen LogP contribution in [0.25, 0.3) is 0 Å². The van der Waals surface area contributed by atoms with Crippen LogP contribution in [0, 0.1) is 11.2 Å². The fraction of sp³-hybridized carbons (Fsp3) is 0.538. The lowest BCUT2D eigenvalue weighted by Gasteiger charge is -2.22. The van der Waals surface area contributed by atoms with Gasteiger partial charge in [0.15, 0.2) is 0 Å². The molecular formula is C13H19Cl2FN2O2S. The normalized spacial score (nSPS) is 23.0. The van der Waals surface area contributed by atoms with Gasteiger partial charge < -0.3 is 5.73 Å². The van der Waals surface area contributed by atoms with Crippen LogP contribution in [0.3, 0.4) is 0 Å². The maximum absolute atomic E-state index is 13.1. The Balaban J connectivity index is 0.00000220. The Kier molecular flexibility index (Phi) is 6.03. The molecule has 0 aliphatic carbocycles. The highest BCUT2D eigenvalue weighted by molar-refractivity contribution is 7.88. The summed E-state index contributed by atoms with van der Waals surface area (Å²) in [6.45, 7) is 3.35. The number of halogens is 3. The Morgan fingerprint density at radius 2 is 2.14 bits per heavy atom. The van der Waals surface area contributed by atoms with Crippen molar-refractivity contribution in [1.29, 1.82) is 0 Å². The summed E-state index contributed by atoms with van der Waals surface area (Å²) in [6, 6.07) is 3.98. The van der Waals surface area contributed by atoms with Crippen molar-refractivity contribution in [3.05, 3.63) is 34.6 Å². The minimum Gasteiger partial charge on any atom is -0.330 e. The number of benzene rings is 1. The van der Waals surface area contributed by atoms with Gasteiger partial charge in [-0.05, 0) is 36.1 Å². The Labute approximate surface area is 135 Å². The van der Waals surface area contributed by atoms with Crippen molar-refractivity contribution < 1.29 is 12.8 Å². The molecule has 1 atom stereocenters. The van der Waals surface area contributed by atoms with E-state index in [1.807, 2.05) is 6.92 Å². The molecule has 0 bridgehead atoms. The molecule has 0 radical (unpaired) electrons. The Morgan fingerprint density at radius 3 is 2.67 bits per heavy atom. The highest BCUT2D eigenvalue weighted by Crippen LogP contribution is 2.31. The van der Waals surface area contributed by atoms with Gasteiger partial charge in [0, 0.05) is 13.1 Å². The molecule has 1 unspecified atom stereocenters. The second-order valence-electron chi connectivity index (χ2n) is 5.60. The van der Waals surface area contributed by atoms with Gasteiger partial charge >= 0.3 is 0 Å². The highest BCUT2D eigenvalue weighted by atomic mass is 35.5. The van der Waals surface area contributed by atoms with Crippen LogP contribution in [0.1, 0.15) is 18.9 Å². The average molecular weight is 357 g/mol. The van der Waals surface area contributed by atoms with Crippen molar-refractivity contribution in [2.24, 2.45) is 11.1 Å². The molecule has 0 saturated carbocycles. The van der Waals surface area contributed by atoms with Gasteiger partial charge in [-0.3, -0.25) is 0 Å². The first-order chi connectivity index (χ1) is 9.26. The lowest BCUT2D eigenvalue weighted by atomic mass is 9.90. The summed E-state index contributed by atoms with van der Waals surface area (Å²) in [4.78, 5) is 0. The van der Waals surface area contributed by atoms with Gasteiger partial charge in [-0.15, -0.1) is 12.4 Å². The molecule has 21 heavy (non-hydrogen) atoms. The molecule has 4 nitrogen and oxygen atoms in total. The number of nitrogens with zero attached hydrogens (tertiary/aromatic N) is 1. The third-order valence-corrected chi connectivity index (χ3v) is 5.83. The number of rotatable bonds is 4. The van der Waals surface area contributed by atoms with Crippen LogP contribution < -0.4 is 5.73 Å². The summed E-state index contributed by atoms with van der Waals surface area (Å²) in [5.41, 5.74) is 6.01. The second-order valence-corrected chi connectivity index (χ2v) is 7.98. The molecule has 1 aliphatic heterocycles. The number of hydrogen-bond donors (Lipinski definition) is 1. The van der Waals surface area contributed by atoms with Crippen LogP contribution in [-0.4, -0.2) is 32.4 Å². The zero-order valence-corrected chi connectivity index (χ0v) is 14.1. The first kappa shape index (κ1) is 18.6. The molecule has 1 heterocycles. The van der Waals surface area contributed by atoms with Crippen molar-refractivity contribution >= 4 is 34.0 Å². The van der Waals surface area contributed by atoms with Crippen LogP contribution in [0.4, 0.5) is 4.39 Å². The van der Waals surface area contributed by atoms with E-state index >= 15 is 0 Å². The van der Waals surface area contributed by atoms with Gasteiger partial charge in [0.05, 0.1) is 10.8 Å². The highest BCUT2D eigenvalue weighted by Gasteiger charge is 2.38. The second kappa shape index (κ2) is 6.79. The van der Waals surface area contributed by atoms with Gasteiger partial charge in [-0.2, -0.15) is 0 Å². The minimum absolute atomic E-state index is 0. The standard InChI is InChI=1S/C13H18ClFN2O2S.ClH/c1-13(8-16)4-5-17(9-13)20(18,19)7-10-2-3-12(15)11(14)6-10;/h2-3,6H,4-5,7-9,16H2,1H3;1H. The van der Waals surface area contributed by atoms with Gasteiger partial charge in [0.1, 0.15) is 5.82 Å². The molecule has 2 N–H and O–H groups in total. The smallest absolute Gasteiger partial charge is 0.218 e. The SMILES string of the molecule is CC1(CN)CCN(S(=O)(=O)Cc2ccc(F)c(Cl)c2)C1.Cl. The van der Waals surface area contributed by atoms with E-state index in [0.717, 1.165) is 6.42 Å². The van der Waals surface area contributed by atoms with Gasteiger partial charge in [-0.1, -0.05) is 24.6 Å². The summed E-state index contributed by atoms with van der Waals surface area (Å²) >= 11 is 5.67. The predicted molar refractivity (Wildman–Crippen MR) is 84.6 cm³/mol. The minimum atomic E-state index is -3.43. The summed E-state index contributed by atoms with van der Waals surface area (Å²) in [5.74, 6) is -0.724. The number of hydrogen-bond acceptors (Lipinski definition) is 3.